The number of ether oxygens (including phenoxy) is 1. The molecule has 8 heteroatoms. The van der Waals surface area contributed by atoms with Gasteiger partial charge in [0.05, 0.1) is 7.11 Å². The highest BCUT2D eigenvalue weighted by Crippen LogP contribution is 2.11. The number of methoxy groups -OCH3 is 1. The van der Waals surface area contributed by atoms with Gasteiger partial charge in [0.2, 0.25) is 0 Å². The Bertz CT molecular complexity index is 401. The maximum Gasteiger partial charge on any atom is 0.534 e. The molecule has 0 atom stereocenters. The molecule has 1 rings (SSSR count). The second-order valence-corrected chi connectivity index (χ2v) is 3.10. The summed E-state index contributed by atoms with van der Waals surface area (Å²) in [5.41, 5.74) is 5.47. The van der Waals surface area contributed by atoms with Crippen LogP contribution >= 0.6 is 11.3 Å². The molecule has 0 aliphatic heterocycles. The van der Waals surface area contributed by atoms with Crippen LogP contribution in [0, 0.1) is 0 Å². The molecule has 0 saturated carbocycles. The van der Waals surface area contributed by atoms with Gasteiger partial charge in [-0.3, -0.25) is 9.63 Å². The van der Waals surface area contributed by atoms with Crippen molar-refractivity contribution in [2.75, 3.05) is 12.8 Å². The van der Waals surface area contributed by atoms with Crippen LogP contribution in [0.15, 0.2) is 10.5 Å². The Labute approximate surface area is 88.5 Å². The standard InChI is InChI=1S/C7H7N3O4S/c1-13-7(12)14-10-4(2-11)5-3-15-6(8)9-5/h2-3H,1H3,(H2,8,9). The van der Waals surface area contributed by atoms with Gasteiger partial charge in [-0.25, -0.2) is 9.78 Å². The van der Waals surface area contributed by atoms with Gasteiger partial charge in [-0.2, -0.15) is 0 Å². The topological polar surface area (TPSA) is 104 Å². The van der Waals surface area contributed by atoms with Gasteiger partial charge in [-0.1, -0.05) is 5.16 Å². The molecule has 0 saturated heterocycles. The van der Waals surface area contributed by atoms with Crippen LogP contribution in [0.2, 0.25) is 0 Å². The Hall–Kier alpha value is -1.96. The van der Waals surface area contributed by atoms with Gasteiger partial charge in [0.15, 0.2) is 17.1 Å². The Morgan fingerprint density at radius 1 is 1.73 bits per heavy atom. The zero-order chi connectivity index (χ0) is 11.3. The third kappa shape index (κ3) is 3.02. The summed E-state index contributed by atoms with van der Waals surface area (Å²) in [6, 6.07) is 0. The van der Waals surface area contributed by atoms with Gasteiger partial charge in [-0.15, -0.1) is 11.3 Å². The molecule has 7 nitrogen and oxygen atoms in total. The molecular formula is C7H7N3O4S. The van der Waals surface area contributed by atoms with Crippen LogP contribution in [0.4, 0.5) is 9.93 Å². The number of nitrogens with two attached hydrogens (primary N) is 1. The lowest BCUT2D eigenvalue weighted by molar-refractivity contribution is -0.102. The summed E-state index contributed by atoms with van der Waals surface area (Å²) in [5.74, 6) is 0. The second-order valence-electron chi connectivity index (χ2n) is 2.21. The van der Waals surface area contributed by atoms with Crippen LogP contribution in [0.3, 0.4) is 0 Å². The fourth-order valence-corrected chi connectivity index (χ4v) is 1.21. The number of hydrogen-bond acceptors (Lipinski definition) is 8. The third-order valence-corrected chi connectivity index (χ3v) is 1.96. The number of aldehydes is 1. The molecule has 15 heavy (non-hydrogen) atoms. The molecule has 0 fully saturated rings. The number of nitrogens with zero attached hydrogens (tertiary/aromatic N) is 2. The van der Waals surface area contributed by atoms with Crippen LogP contribution < -0.4 is 5.73 Å². The highest BCUT2D eigenvalue weighted by Gasteiger charge is 2.09. The van der Waals surface area contributed by atoms with Crippen molar-refractivity contribution >= 4 is 34.6 Å². The predicted molar refractivity (Wildman–Crippen MR) is 52.6 cm³/mol. The summed E-state index contributed by atoms with van der Waals surface area (Å²) in [6.07, 6.45) is -0.616. The minimum absolute atomic E-state index is 0.131. The van der Waals surface area contributed by atoms with Gasteiger partial charge in [0.25, 0.3) is 0 Å². The normalized spacial score (nSPS) is 10.9. The van der Waals surface area contributed by atoms with Gasteiger partial charge in [0.1, 0.15) is 5.69 Å². The Balaban J connectivity index is 2.79. The van der Waals surface area contributed by atoms with E-state index in [1.807, 2.05) is 0 Å². The number of hydrogen-bond donors (Lipinski definition) is 1. The number of thiazole rings is 1. The summed E-state index contributed by atoms with van der Waals surface area (Å²) in [4.78, 5) is 29.2. The van der Waals surface area contributed by atoms with E-state index in [1.165, 1.54) is 5.38 Å². The minimum Gasteiger partial charge on any atom is -0.436 e. The first-order valence-corrected chi connectivity index (χ1v) is 4.55. The molecule has 1 aromatic rings. The molecule has 0 aliphatic carbocycles. The molecule has 0 amide bonds. The van der Waals surface area contributed by atoms with Crippen molar-refractivity contribution in [2.24, 2.45) is 5.16 Å². The Kier molecular flexibility index (Phi) is 3.75. The monoisotopic (exact) mass is 229 g/mol. The molecule has 0 aliphatic rings. The number of oxime groups is 1. The molecule has 1 heterocycles. The first-order chi connectivity index (χ1) is 7.17. The van der Waals surface area contributed by atoms with E-state index in [4.69, 9.17) is 5.73 Å². The SMILES string of the molecule is COC(=O)ON=C(C=O)c1csc(N)n1. The molecule has 80 valence electrons. The molecule has 0 aromatic carbocycles. The zero-order valence-corrected chi connectivity index (χ0v) is 8.48. The molecule has 2 N–H and O–H groups in total. The van der Waals surface area contributed by atoms with Gasteiger partial charge >= 0.3 is 6.16 Å². The van der Waals surface area contributed by atoms with Gasteiger partial charge in [0, 0.05) is 5.38 Å². The van der Waals surface area contributed by atoms with E-state index in [9.17, 15) is 9.59 Å². The van der Waals surface area contributed by atoms with Crippen LogP contribution in [0.1, 0.15) is 5.69 Å². The van der Waals surface area contributed by atoms with E-state index >= 15 is 0 Å². The van der Waals surface area contributed by atoms with Crippen LogP contribution in [-0.4, -0.2) is 30.2 Å². The Morgan fingerprint density at radius 2 is 2.47 bits per heavy atom. The number of anilines is 1. The molecular weight excluding hydrogens is 222 g/mol. The fraction of sp³-hybridized carbons (Fsp3) is 0.143. The average Bonchev–Trinajstić information content (AvgIpc) is 2.65. The fourth-order valence-electron chi connectivity index (χ4n) is 0.658. The highest BCUT2D eigenvalue weighted by atomic mass is 32.1. The van der Waals surface area contributed by atoms with Crippen LogP contribution in [0.5, 0.6) is 0 Å². The van der Waals surface area contributed by atoms with Crippen LogP contribution in [-0.2, 0) is 14.4 Å². The highest BCUT2D eigenvalue weighted by molar-refractivity contribution is 7.13. The summed E-state index contributed by atoms with van der Waals surface area (Å²) in [7, 11) is 1.12. The molecule has 1 aromatic heterocycles. The lowest BCUT2D eigenvalue weighted by atomic mass is 10.3. The second kappa shape index (κ2) is 5.05. The minimum atomic E-state index is -1.02. The number of rotatable bonds is 3. The summed E-state index contributed by atoms with van der Waals surface area (Å²) in [5, 5.41) is 5.07. The van der Waals surface area contributed by atoms with Gasteiger partial charge < -0.3 is 10.5 Å². The molecule has 0 bridgehead atoms. The number of nitrogen functional groups attached to an aromatic ring is 1. The molecule has 0 radical (unpaired) electrons. The van der Waals surface area contributed by atoms with E-state index in [-0.39, 0.29) is 16.5 Å². The maximum atomic E-state index is 10.6. The largest absolute Gasteiger partial charge is 0.534 e. The van der Waals surface area contributed by atoms with Gasteiger partial charge in [-0.05, 0) is 0 Å². The quantitative estimate of drug-likeness (QED) is 0.264. The number of carbonyl (C=O) groups is 2. The zero-order valence-electron chi connectivity index (χ0n) is 7.67. The van der Waals surface area contributed by atoms with E-state index in [1.54, 1.807) is 0 Å². The average molecular weight is 229 g/mol. The van der Waals surface area contributed by atoms with E-state index < -0.39 is 6.16 Å². The van der Waals surface area contributed by atoms with Crippen molar-refractivity contribution in [3.63, 3.8) is 0 Å². The molecule has 0 unspecified atom stereocenters. The molecule has 0 spiro atoms. The first kappa shape index (κ1) is 11.1. The van der Waals surface area contributed by atoms with Crippen molar-refractivity contribution in [3.05, 3.63) is 11.1 Å². The van der Waals surface area contributed by atoms with E-state index in [0.29, 0.717) is 6.29 Å². The summed E-state index contributed by atoms with van der Waals surface area (Å²) < 4.78 is 4.16. The lowest BCUT2D eigenvalue weighted by Gasteiger charge is -1.95. The summed E-state index contributed by atoms with van der Waals surface area (Å²) >= 11 is 1.14. The number of carbonyl (C=O) groups excluding carboxylic acids is 2. The summed E-state index contributed by atoms with van der Waals surface area (Å²) in [6.45, 7) is 0. The predicted octanol–water partition coefficient (Wildman–Crippen LogP) is 0.411. The van der Waals surface area contributed by atoms with Crippen molar-refractivity contribution in [1.29, 1.82) is 0 Å². The first-order valence-electron chi connectivity index (χ1n) is 3.67. The number of aromatic nitrogens is 1. The van der Waals surface area contributed by atoms with Crippen molar-refractivity contribution in [3.8, 4) is 0 Å². The maximum absolute atomic E-state index is 10.6. The van der Waals surface area contributed by atoms with Crippen molar-refractivity contribution in [2.45, 2.75) is 0 Å². The van der Waals surface area contributed by atoms with Crippen LogP contribution in [0.25, 0.3) is 0 Å². The van der Waals surface area contributed by atoms with E-state index in [0.717, 1.165) is 18.4 Å². The van der Waals surface area contributed by atoms with E-state index in [2.05, 4.69) is 19.7 Å². The smallest absolute Gasteiger partial charge is 0.436 e. The third-order valence-electron chi connectivity index (χ3n) is 1.28. The lowest BCUT2D eigenvalue weighted by Crippen LogP contribution is -2.07. The van der Waals surface area contributed by atoms with Crippen molar-refractivity contribution < 1.29 is 19.2 Å². The van der Waals surface area contributed by atoms with Crippen molar-refractivity contribution in [1.82, 2.24) is 4.98 Å². The Morgan fingerprint density at radius 3 is 2.93 bits per heavy atom.